The number of carboxylic acid groups (broad SMARTS) is 1. The summed E-state index contributed by atoms with van der Waals surface area (Å²) < 4.78 is 27.0. The Balaban J connectivity index is 1.25. The van der Waals surface area contributed by atoms with Gasteiger partial charge in [0, 0.05) is 36.9 Å². The monoisotopic (exact) mass is 595 g/mol. The first-order chi connectivity index (χ1) is 19.9. The Bertz CT molecular complexity index is 1410. The zero-order valence-electron chi connectivity index (χ0n) is 25.4. The quantitative estimate of drug-likeness (QED) is 0.303. The average molecular weight is 596 g/mol. The number of likely N-dealkylation sites (tertiary alicyclic amines) is 2. The summed E-state index contributed by atoms with van der Waals surface area (Å²) in [6.07, 6.45) is 2.61. The van der Waals surface area contributed by atoms with E-state index >= 15 is 0 Å². The van der Waals surface area contributed by atoms with Crippen LogP contribution in [0.3, 0.4) is 0 Å². The minimum absolute atomic E-state index is 0.300. The first kappa shape index (κ1) is 30.8. The molecule has 0 unspecified atom stereocenters. The van der Waals surface area contributed by atoms with Crippen LogP contribution in [0, 0.1) is 36.8 Å². The van der Waals surface area contributed by atoms with Gasteiger partial charge in [0.25, 0.3) is 0 Å². The van der Waals surface area contributed by atoms with Crippen molar-refractivity contribution in [2.24, 2.45) is 11.3 Å². The number of hydrogen-bond donors (Lipinski definition) is 1. The molecule has 5 nitrogen and oxygen atoms in total. The molecule has 3 heterocycles. The zero-order valence-corrected chi connectivity index (χ0v) is 26.2. The number of aliphatic carboxylic acids is 1. The number of nitrogens with zero attached hydrogens (tertiary/aromatic N) is 3. The second-order valence-corrected chi connectivity index (χ2v) is 14.5. The van der Waals surface area contributed by atoms with Crippen molar-refractivity contribution in [1.82, 2.24) is 14.8 Å². The summed E-state index contributed by atoms with van der Waals surface area (Å²) in [5, 5.41) is 11.1. The number of aromatic nitrogens is 1. The van der Waals surface area contributed by atoms with Gasteiger partial charge in [-0.3, -0.25) is 9.69 Å². The van der Waals surface area contributed by atoms with Crippen LogP contribution in [-0.2, 0) is 11.2 Å². The van der Waals surface area contributed by atoms with E-state index in [0.29, 0.717) is 24.2 Å². The Morgan fingerprint density at radius 1 is 1.07 bits per heavy atom. The van der Waals surface area contributed by atoms with Crippen molar-refractivity contribution in [2.45, 2.75) is 71.8 Å². The predicted molar refractivity (Wildman–Crippen MR) is 164 cm³/mol. The van der Waals surface area contributed by atoms with Gasteiger partial charge in [0.1, 0.15) is 6.04 Å². The van der Waals surface area contributed by atoms with E-state index in [4.69, 9.17) is 4.98 Å². The minimum Gasteiger partial charge on any atom is -0.480 e. The highest BCUT2D eigenvalue weighted by Gasteiger charge is 2.44. The Morgan fingerprint density at radius 2 is 1.81 bits per heavy atom. The van der Waals surface area contributed by atoms with Gasteiger partial charge in [0.2, 0.25) is 0 Å². The zero-order chi connectivity index (χ0) is 30.2. The fraction of sp³-hybridized carbons (Fsp3) is 0.529. The molecule has 0 aliphatic carbocycles. The third kappa shape index (κ3) is 6.92. The molecular weight excluding hydrogens is 552 g/mol. The lowest BCUT2D eigenvalue weighted by Gasteiger charge is -2.36. The molecule has 0 saturated carbocycles. The van der Waals surface area contributed by atoms with E-state index in [1.54, 1.807) is 17.4 Å². The fourth-order valence-corrected chi connectivity index (χ4v) is 8.38. The molecule has 5 rings (SSSR count). The molecule has 0 amide bonds. The first-order valence-corrected chi connectivity index (χ1v) is 15.9. The maximum absolute atomic E-state index is 13.7. The number of carboxylic acids is 1. The average Bonchev–Trinajstić information content (AvgIpc) is 3.48. The number of thiazole rings is 1. The molecule has 2 aliphatic heterocycles. The lowest BCUT2D eigenvalue weighted by Crippen LogP contribution is -2.48. The Hall–Kier alpha value is -2.68. The molecule has 42 heavy (non-hydrogen) atoms. The highest BCUT2D eigenvalue weighted by molar-refractivity contribution is 7.11. The van der Waals surface area contributed by atoms with Gasteiger partial charge >= 0.3 is 5.97 Å². The number of rotatable bonds is 8. The summed E-state index contributed by atoms with van der Waals surface area (Å²) in [6, 6.07) is 12.3. The van der Waals surface area contributed by atoms with Crippen molar-refractivity contribution in [3.05, 3.63) is 86.4 Å². The normalized spacial score (nSPS) is 21.6. The van der Waals surface area contributed by atoms with Gasteiger partial charge in [-0.25, -0.2) is 13.8 Å². The third-order valence-electron chi connectivity index (χ3n) is 9.03. The molecule has 3 atom stereocenters. The van der Waals surface area contributed by atoms with Crippen molar-refractivity contribution in [3.63, 3.8) is 0 Å². The number of piperidine rings is 1. The summed E-state index contributed by atoms with van der Waals surface area (Å²) in [5.74, 6) is -1.28. The molecule has 2 saturated heterocycles. The molecular formula is C34H43F2N3O2S. The van der Waals surface area contributed by atoms with Crippen LogP contribution < -0.4 is 0 Å². The number of halogens is 2. The maximum Gasteiger partial charge on any atom is 0.321 e. The predicted octanol–water partition coefficient (Wildman–Crippen LogP) is 7.02. The van der Waals surface area contributed by atoms with E-state index in [-0.39, 0.29) is 5.41 Å². The van der Waals surface area contributed by atoms with Crippen LogP contribution in [0.1, 0.15) is 77.7 Å². The van der Waals surface area contributed by atoms with Gasteiger partial charge < -0.3 is 10.0 Å². The van der Waals surface area contributed by atoms with Crippen LogP contribution in [0.25, 0.3) is 0 Å². The second-order valence-electron chi connectivity index (χ2n) is 13.4. The summed E-state index contributed by atoms with van der Waals surface area (Å²) in [6.45, 7) is 14.8. The van der Waals surface area contributed by atoms with Crippen molar-refractivity contribution in [1.29, 1.82) is 0 Å². The highest BCUT2D eigenvalue weighted by atomic mass is 32.1. The Kier molecular flexibility index (Phi) is 9.16. The molecule has 0 radical (unpaired) electrons. The Labute approximate surface area is 252 Å². The molecule has 2 fully saturated rings. The lowest BCUT2D eigenvalue weighted by molar-refractivity contribution is -0.147. The van der Waals surface area contributed by atoms with E-state index in [9.17, 15) is 18.7 Å². The SMILES string of the molecule is Cc1cccc([C@H]2CN([C@@H](C(=O)O)C(C)(C)C)C[C@@H]2CN2CCC(c3sc(Cc4ccc(F)c(F)c4)nc3C)CC2)c1. The van der Waals surface area contributed by atoms with Crippen molar-refractivity contribution in [2.75, 3.05) is 32.7 Å². The second kappa shape index (κ2) is 12.5. The standard InChI is InChI=1S/C34H43F2N3O2S/c1-21-7-6-8-25(15-21)27-20-39(32(33(40)41)34(3,4)5)19-26(27)18-38-13-11-24(12-14-38)31-22(2)37-30(42-31)17-23-9-10-28(35)29(36)16-23/h6-10,15-16,24,26-27,32H,11-14,17-20H2,1-5H3,(H,40,41)/t26-,27+,32-/m0/s1. The van der Waals surface area contributed by atoms with E-state index in [0.717, 1.165) is 61.8 Å². The molecule has 226 valence electrons. The number of hydrogen-bond acceptors (Lipinski definition) is 5. The first-order valence-electron chi connectivity index (χ1n) is 15.0. The van der Waals surface area contributed by atoms with Crippen LogP contribution in [0.2, 0.25) is 0 Å². The number of aryl methyl sites for hydroxylation is 2. The van der Waals surface area contributed by atoms with Gasteiger partial charge in [0.15, 0.2) is 11.6 Å². The number of carbonyl (C=O) groups is 1. The van der Waals surface area contributed by atoms with E-state index in [1.165, 1.54) is 28.1 Å². The molecule has 1 N–H and O–H groups in total. The van der Waals surface area contributed by atoms with E-state index in [2.05, 4.69) is 47.9 Å². The Morgan fingerprint density at radius 3 is 2.45 bits per heavy atom. The molecule has 1 aromatic heterocycles. The molecule has 3 aromatic rings. The van der Waals surface area contributed by atoms with E-state index in [1.807, 2.05) is 20.8 Å². The molecule has 2 aliphatic rings. The topological polar surface area (TPSA) is 56.7 Å². The smallest absolute Gasteiger partial charge is 0.321 e. The van der Waals surface area contributed by atoms with Gasteiger partial charge in [-0.15, -0.1) is 11.3 Å². The van der Waals surface area contributed by atoms with Crippen LogP contribution in [0.5, 0.6) is 0 Å². The largest absolute Gasteiger partial charge is 0.480 e. The van der Waals surface area contributed by atoms with Crippen molar-refractivity contribution in [3.8, 4) is 0 Å². The maximum atomic E-state index is 13.7. The summed E-state index contributed by atoms with van der Waals surface area (Å²) in [4.78, 5) is 23.2. The third-order valence-corrected chi connectivity index (χ3v) is 10.3. The van der Waals surface area contributed by atoms with Crippen molar-refractivity contribution >= 4 is 17.3 Å². The van der Waals surface area contributed by atoms with Gasteiger partial charge in [-0.05, 0) is 80.3 Å². The van der Waals surface area contributed by atoms with E-state index < -0.39 is 23.6 Å². The van der Waals surface area contributed by atoms with Crippen molar-refractivity contribution < 1.29 is 18.7 Å². The molecule has 2 aromatic carbocycles. The van der Waals surface area contributed by atoms with Crippen LogP contribution in [-0.4, -0.2) is 64.6 Å². The molecule has 0 spiro atoms. The summed E-state index contributed by atoms with van der Waals surface area (Å²) in [5.41, 5.74) is 3.97. The van der Waals surface area contributed by atoms with Gasteiger partial charge in [0.05, 0.1) is 10.7 Å². The summed E-state index contributed by atoms with van der Waals surface area (Å²) >= 11 is 1.70. The van der Waals surface area contributed by atoms with Crippen LogP contribution in [0.4, 0.5) is 8.78 Å². The highest BCUT2D eigenvalue weighted by Crippen LogP contribution is 2.40. The van der Waals surface area contributed by atoms with Crippen LogP contribution >= 0.6 is 11.3 Å². The molecule has 0 bridgehead atoms. The van der Waals surface area contributed by atoms with Gasteiger partial charge in [-0.2, -0.15) is 0 Å². The lowest BCUT2D eigenvalue weighted by atomic mass is 9.85. The molecule has 8 heteroatoms. The minimum atomic E-state index is -0.826. The fourth-order valence-electron chi connectivity index (χ4n) is 7.11. The van der Waals surface area contributed by atoms with Gasteiger partial charge in [-0.1, -0.05) is 56.7 Å². The summed E-state index contributed by atoms with van der Waals surface area (Å²) in [7, 11) is 0. The van der Waals surface area contributed by atoms with Crippen LogP contribution in [0.15, 0.2) is 42.5 Å². The number of benzene rings is 2.